The number of esters is 2. The smallest absolute Gasteiger partial charge is 0.347 e. The molecule has 0 aliphatic carbocycles. The van der Waals surface area contributed by atoms with Crippen molar-refractivity contribution in [2.45, 2.75) is 97.5 Å². The Bertz CT molecular complexity index is 289. The Morgan fingerprint density at radius 2 is 1.36 bits per heavy atom. The topological polar surface area (TPSA) is 52.6 Å². The largest absolute Gasteiger partial charge is 0.463 e. The standard InChI is InChI=1S/C18H34O4/c1-4-6-8-9-10-11-12-13-14-17(22-16(3)19)18(20)21-15-7-5-2/h17H,4-15H2,1-3H3. The van der Waals surface area contributed by atoms with Crippen molar-refractivity contribution < 1.29 is 19.1 Å². The summed E-state index contributed by atoms with van der Waals surface area (Å²) in [7, 11) is 0. The number of ether oxygens (including phenoxy) is 2. The quantitative estimate of drug-likeness (QED) is 0.341. The fourth-order valence-corrected chi connectivity index (χ4v) is 2.30. The van der Waals surface area contributed by atoms with E-state index in [1.807, 2.05) is 6.92 Å². The molecular weight excluding hydrogens is 280 g/mol. The average molecular weight is 314 g/mol. The highest BCUT2D eigenvalue weighted by atomic mass is 16.6. The first-order valence-corrected chi connectivity index (χ1v) is 8.95. The van der Waals surface area contributed by atoms with E-state index < -0.39 is 18.0 Å². The summed E-state index contributed by atoms with van der Waals surface area (Å²) in [5.41, 5.74) is 0. The maximum absolute atomic E-state index is 11.9. The van der Waals surface area contributed by atoms with Crippen LogP contribution in [-0.4, -0.2) is 24.6 Å². The Kier molecular flexibility index (Phi) is 14.1. The number of hydrogen-bond acceptors (Lipinski definition) is 4. The van der Waals surface area contributed by atoms with Gasteiger partial charge in [0.05, 0.1) is 6.61 Å². The molecule has 0 aromatic carbocycles. The fourth-order valence-electron chi connectivity index (χ4n) is 2.30. The minimum atomic E-state index is -0.727. The molecule has 0 heterocycles. The predicted molar refractivity (Wildman–Crippen MR) is 88.6 cm³/mol. The molecule has 1 unspecified atom stereocenters. The molecular formula is C18H34O4. The molecule has 0 fully saturated rings. The van der Waals surface area contributed by atoms with E-state index in [0.29, 0.717) is 13.0 Å². The molecule has 0 aromatic rings. The van der Waals surface area contributed by atoms with Gasteiger partial charge in [-0.05, 0) is 19.3 Å². The maximum Gasteiger partial charge on any atom is 0.347 e. The van der Waals surface area contributed by atoms with Crippen molar-refractivity contribution in [1.29, 1.82) is 0 Å². The highest BCUT2D eigenvalue weighted by Gasteiger charge is 2.22. The third-order valence-electron chi connectivity index (χ3n) is 3.63. The lowest BCUT2D eigenvalue weighted by molar-refractivity contribution is -0.167. The first kappa shape index (κ1) is 20.9. The van der Waals surface area contributed by atoms with Gasteiger partial charge in [0.25, 0.3) is 0 Å². The molecule has 0 rings (SSSR count). The van der Waals surface area contributed by atoms with Crippen LogP contribution in [0.25, 0.3) is 0 Å². The summed E-state index contributed by atoms with van der Waals surface area (Å²) in [5, 5.41) is 0. The Morgan fingerprint density at radius 3 is 1.91 bits per heavy atom. The Hall–Kier alpha value is -1.06. The van der Waals surface area contributed by atoms with Crippen LogP contribution >= 0.6 is 0 Å². The molecule has 0 saturated carbocycles. The minimum Gasteiger partial charge on any atom is -0.463 e. The third-order valence-corrected chi connectivity index (χ3v) is 3.63. The molecule has 0 aliphatic heterocycles. The summed E-state index contributed by atoms with van der Waals surface area (Å²) in [6.45, 7) is 6.00. The van der Waals surface area contributed by atoms with Gasteiger partial charge >= 0.3 is 11.9 Å². The molecule has 1 atom stereocenters. The van der Waals surface area contributed by atoms with Crippen LogP contribution in [0.3, 0.4) is 0 Å². The van der Waals surface area contributed by atoms with Gasteiger partial charge in [0.2, 0.25) is 0 Å². The maximum atomic E-state index is 11.9. The van der Waals surface area contributed by atoms with Gasteiger partial charge in [-0.3, -0.25) is 4.79 Å². The van der Waals surface area contributed by atoms with E-state index >= 15 is 0 Å². The predicted octanol–water partition coefficient (Wildman–Crippen LogP) is 4.79. The van der Waals surface area contributed by atoms with Crippen LogP contribution in [0.5, 0.6) is 0 Å². The Labute approximate surface area is 135 Å². The van der Waals surface area contributed by atoms with Crippen molar-refractivity contribution in [2.24, 2.45) is 0 Å². The molecule has 0 aliphatic rings. The van der Waals surface area contributed by atoms with Crippen LogP contribution < -0.4 is 0 Å². The molecule has 0 aromatic heterocycles. The van der Waals surface area contributed by atoms with Gasteiger partial charge in [-0.15, -0.1) is 0 Å². The van der Waals surface area contributed by atoms with Crippen molar-refractivity contribution >= 4 is 11.9 Å². The van der Waals surface area contributed by atoms with E-state index in [4.69, 9.17) is 9.47 Å². The van der Waals surface area contributed by atoms with E-state index in [-0.39, 0.29) is 0 Å². The molecule has 0 saturated heterocycles. The lowest BCUT2D eigenvalue weighted by Crippen LogP contribution is -2.28. The van der Waals surface area contributed by atoms with Gasteiger partial charge in [0, 0.05) is 6.92 Å². The molecule has 0 spiro atoms. The van der Waals surface area contributed by atoms with Crippen molar-refractivity contribution in [3.63, 3.8) is 0 Å². The molecule has 22 heavy (non-hydrogen) atoms. The van der Waals surface area contributed by atoms with Crippen LogP contribution in [0.1, 0.15) is 91.4 Å². The molecule has 0 radical (unpaired) electrons. The fraction of sp³-hybridized carbons (Fsp3) is 0.889. The van der Waals surface area contributed by atoms with Crippen LogP contribution in [-0.2, 0) is 19.1 Å². The van der Waals surface area contributed by atoms with Crippen LogP contribution in [0.15, 0.2) is 0 Å². The van der Waals surface area contributed by atoms with Crippen molar-refractivity contribution in [1.82, 2.24) is 0 Å². The summed E-state index contributed by atoms with van der Waals surface area (Å²) in [4.78, 5) is 23.0. The zero-order chi connectivity index (χ0) is 16.6. The van der Waals surface area contributed by atoms with Crippen LogP contribution in [0.4, 0.5) is 0 Å². The lowest BCUT2D eigenvalue weighted by Gasteiger charge is -2.15. The van der Waals surface area contributed by atoms with Crippen LogP contribution in [0.2, 0.25) is 0 Å². The first-order valence-electron chi connectivity index (χ1n) is 8.95. The second-order valence-electron chi connectivity index (χ2n) is 5.88. The zero-order valence-corrected chi connectivity index (χ0v) is 14.7. The second kappa shape index (κ2) is 14.9. The zero-order valence-electron chi connectivity index (χ0n) is 14.7. The summed E-state index contributed by atoms with van der Waals surface area (Å²) < 4.78 is 10.2. The van der Waals surface area contributed by atoms with Gasteiger partial charge in [0.15, 0.2) is 6.10 Å². The van der Waals surface area contributed by atoms with Gasteiger partial charge in [-0.2, -0.15) is 0 Å². The number of hydrogen-bond donors (Lipinski definition) is 0. The minimum absolute atomic E-state index is 0.397. The molecule has 0 N–H and O–H groups in total. The summed E-state index contributed by atoms with van der Waals surface area (Å²) in [6, 6.07) is 0. The number of carbonyl (C=O) groups excluding carboxylic acids is 2. The highest BCUT2D eigenvalue weighted by molar-refractivity contribution is 5.78. The Morgan fingerprint density at radius 1 is 0.818 bits per heavy atom. The molecule has 4 nitrogen and oxygen atoms in total. The van der Waals surface area contributed by atoms with Crippen LogP contribution in [0, 0.1) is 0 Å². The summed E-state index contributed by atoms with van der Waals surface area (Å²) >= 11 is 0. The van der Waals surface area contributed by atoms with E-state index in [2.05, 4.69) is 6.92 Å². The average Bonchev–Trinajstić information content (AvgIpc) is 2.48. The van der Waals surface area contributed by atoms with Crippen molar-refractivity contribution in [3.8, 4) is 0 Å². The van der Waals surface area contributed by atoms with E-state index in [1.165, 1.54) is 45.4 Å². The lowest BCUT2D eigenvalue weighted by atomic mass is 10.1. The van der Waals surface area contributed by atoms with Gasteiger partial charge in [-0.25, -0.2) is 4.79 Å². The summed E-state index contributed by atoms with van der Waals surface area (Å²) in [5.74, 6) is -0.816. The molecule has 0 amide bonds. The van der Waals surface area contributed by atoms with Crippen molar-refractivity contribution in [2.75, 3.05) is 6.61 Å². The number of carbonyl (C=O) groups is 2. The molecule has 130 valence electrons. The Balaban J connectivity index is 3.84. The summed E-state index contributed by atoms with van der Waals surface area (Å²) in [6.07, 6.45) is 11.3. The third kappa shape index (κ3) is 12.7. The van der Waals surface area contributed by atoms with E-state index in [9.17, 15) is 9.59 Å². The van der Waals surface area contributed by atoms with Gasteiger partial charge in [-0.1, -0.05) is 65.2 Å². The first-order chi connectivity index (χ1) is 10.6. The van der Waals surface area contributed by atoms with E-state index in [1.54, 1.807) is 0 Å². The van der Waals surface area contributed by atoms with Crippen molar-refractivity contribution in [3.05, 3.63) is 0 Å². The highest BCUT2D eigenvalue weighted by Crippen LogP contribution is 2.13. The number of unbranched alkanes of at least 4 members (excludes halogenated alkanes) is 8. The van der Waals surface area contributed by atoms with Gasteiger partial charge in [0.1, 0.15) is 0 Å². The normalized spacial score (nSPS) is 12.0. The van der Waals surface area contributed by atoms with E-state index in [0.717, 1.165) is 25.7 Å². The monoisotopic (exact) mass is 314 g/mol. The number of rotatable bonds is 14. The molecule has 0 bridgehead atoms. The van der Waals surface area contributed by atoms with Gasteiger partial charge < -0.3 is 9.47 Å². The SMILES string of the molecule is CCCCCCCCCCC(OC(C)=O)C(=O)OCCCC. The second-order valence-corrected chi connectivity index (χ2v) is 5.88. The molecule has 4 heteroatoms.